The lowest BCUT2D eigenvalue weighted by molar-refractivity contribution is 0.923. The first-order valence-corrected chi connectivity index (χ1v) is 5.43. The zero-order valence-electron chi connectivity index (χ0n) is 7.77. The van der Waals surface area contributed by atoms with Gasteiger partial charge in [-0.15, -0.1) is 10.2 Å². The quantitative estimate of drug-likeness (QED) is 0.608. The number of aryl methyl sites for hydroxylation is 1. The number of hydrogen-bond acceptors (Lipinski definition) is 3. The number of thiazole rings is 1. The minimum atomic E-state index is 0.919. The van der Waals surface area contributed by atoms with E-state index in [1.165, 1.54) is 10.2 Å². The van der Waals surface area contributed by atoms with E-state index in [1.807, 2.05) is 6.07 Å². The van der Waals surface area contributed by atoms with Gasteiger partial charge < -0.3 is 0 Å². The summed E-state index contributed by atoms with van der Waals surface area (Å²) in [5, 5.41) is 8.31. The van der Waals surface area contributed by atoms with E-state index in [1.54, 1.807) is 11.3 Å². The maximum absolute atomic E-state index is 4.16. The topological polar surface area (TPSA) is 30.2 Å². The highest BCUT2D eigenvalue weighted by molar-refractivity contribution is 7.23. The molecule has 0 spiro atoms. The smallest absolute Gasteiger partial charge is 0.217 e. The van der Waals surface area contributed by atoms with Crippen molar-refractivity contribution >= 4 is 26.5 Å². The predicted molar refractivity (Wildman–Crippen MR) is 57.7 cm³/mol. The van der Waals surface area contributed by atoms with Crippen molar-refractivity contribution < 1.29 is 0 Å². The molecule has 0 atom stereocenters. The summed E-state index contributed by atoms with van der Waals surface area (Å²) in [5.41, 5.74) is 1.22. The highest BCUT2D eigenvalue weighted by Crippen LogP contribution is 2.25. The number of fused-ring (bicyclic) bond motifs is 3. The number of benzene rings is 1. The van der Waals surface area contributed by atoms with Gasteiger partial charge in [0.2, 0.25) is 4.96 Å². The Morgan fingerprint density at radius 1 is 1.29 bits per heavy atom. The highest BCUT2D eigenvalue weighted by atomic mass is 32.1. The van der Waals surface area contributed by atoms with E-state index in [4.69, 9.17) is 0 Å². The molecule has 0 amide bonds. The minimum absolute atomic E-state index is 0.919. The summed E-state index contributed by atoms with van der Waals surface area (Å²) in [7, 11) is 0. The van der Waals surface area contributed by atoms with Crippen LogP contribution in [-0.2, 0) is 6.42 Å². The summed E-state index contributed by atoms with van der Waals surface area (Å²) in [5.74, 6) is 1.04. The molecule has 0 N–H and O–H groups in total. The molecule has 0 saturated heterocycles. The van der Waals surface area contributed by atoms with Crippen molar-refractivity contribution in [2.75, 3.05) is 0 Å². The van der Waals surface area contributed by atoms with Crippen LogP contribution in [0.15, 0.2) is 24.3 Å². The Morgan fingerprint density at radius 3 is 3.00 bits per heavy atom. The van der Waals surface area contributed by atoms with Crippen LogP contribution in [0.1, 0.15) is 12.7 Å². The molecule has 2 heterocycles. The standard InChI is InChI=1S/C10H9N3S/c1-2-9-11-12-10-13(9)7-5-3-4-6-8(7)14-10/h3-6H,2H2,1H3. The average Bonchev–Trinajstić information content (AvgIpc) is 2.75. The van der Waals surface area contributed by atoms with Crippen LogP contribution in [0.25, 0.3) is 15.2 Å². The van der Waals surface area contributed by atoms with Crippen molar-refractivity contribution in [3.8, 4) is 0 Å². The number of aromatic nitrogens is 3. The van der Waals surface area contributed by atoms with Gasteiger partial charge in [-0.3, -0.25) is 4.40 Å². The molecule has 4 heteroatoms. The molecule has 2 aromatic heterocycles. The maximum atomic E-state index is 4.16. The Labute approximate surface area is 85.0 Å². The molecule has 0 aliphatic rings. The van der Waals surface area contributed by atoms with Crippen molar-refractivity contribution in [1.29, 1.82) is 0 Å². The summed E-state index contributed by atoms with van der Waals surface area (Å²) in [6.07, 6.45) is 0.919. The van der Waals surface area contributed by atoms with E-state index in [0.29, 0.717) is 0 Å². The number of nitrogens with zero attached hydrogens (tertiary/aromatic N) is 3. The van der Waals surface area contributed by atoms with Gasteiger partial charge in [-0.25, -0.2) is 0 Å². The predicted octanol–water partition coefficient (Wildman–Crippen LogP) is 2.51. The Hall–Kier alpha value is -1.42. The lowest BCUT2D eigenvalue weighted by Crippen LogP contribution is -1.89. The fourth-order valence-electron chi connectivity index (χ4n) is 1.66. The second kappa shape index (κ2) is 2.78. The average molecular weight is 203 g/mol. The molecule has 0 unspecified atom stereocenters. The first kappa shape index (κ1) is 7.94. The monoisotopic (exact) mass is 203 g/mol. The largest absolute Gasteiger partial charge is 0.269 e. The van der Waals surface area contributed by atoms with Crippen molar-refractivity contribution in [2.24, 2.45) is 0 Å². The SMILES string of the molecule is CCc1nnc2sc3ccccc3n12. The third-order valence-electron chi connectivity index (χ3n) is 2.32. The van der Waals surface area contributed by atoms with Gasteiger partial charge in [0.25, 0.3) is 0 Å². The van der Waals surface area contributed by atoms with E-state index >= 15 is 0 Å². The van der Waals surface area contributed by atoms with Crippen molar-refractivity contribution in [2.45, 2.75) is 13.3 Å². The number of hydrogen-bond donors (Lipinski definition) is 0. The van der Waals surface area contributed by atoms with Crippen LogP contribution in [0.5, 0.6) is 0 Å². The Bertz CT molecular complexity index is 593. The summed E-state index contributed by atoms with van der Waals surface area (Å²) >= 11 is 1.69. The third-order valence-corrected chi connectivity index (χ3v) is 3.34. The molecule has 1 aromatic carbocycles. The van der Waals surface area contributed by atoms with Crippen LogP contribution < -0.4 is 0 Å². The van der Waals surface area contributed by atoms with Gasteiger partial charge >= 0.3 is 0 Å². The molecule has 0 aliphatic carbocycles. The van der Waals surface area contributed by atoms with Gasteiger partial charge in [-0.05, 0) is 12.1 Å². The van der Waals surface area contributed by atoms with Crippen molar-refractivity contribution in [1.82, 2.24) is 14.6 Å². The first-order chi connectivity index (χ1) is 6.90. The van der Waals surface area contributed by atoms with Crippen molar-refractivity contribution in [3.63, 3.8) is 0 Å². The lowest BCUT2D eigenvalue weighted by atomic mass is 10.3. The zero-order valence-corrected chi connectivity index (χ0v) is 8.58. The van der Waals surface area contributed by atoms with Crippen LogP contribution in [0.3, 0.4) is 0 Å². The molecule has 0 saturated carbocycles. The van der Waals surface area contributed by atoms with E-state index in [9.17, 15) is 0 Å². The summed E-state index contributed by atoms with van der Waals surface area (Å²) < 4.78 is 3.41. The van der Waals surface area contributed by atoms with E-state index in [2.05, 4.69) is 39.7 Å². The van der Waals surface area contributed by atoms with Gasteiger partial charge in [0.15, 0.2) is 0 Å². The molecule has 3 aromatic rings. The van der Waals surface area contributed by atoms with Gasteiger partial charge in [0.05, 0.1) is 10.2 Å². The molecular formula is C10H9N3S. The van der Waals surface area contributed by atoms with Crippen LogP contribution >= 0.6 is 11.3 Å². The van der Waals surface area contributed by atoms with Crippen LogP contribution in [0, 0.1) is 0 Å². The fraction of sp³-hybridized carbons (Fsp3) is 0.200. The zero-order chi connectivity index (χ0) is 9.54. The van der Waals surface area contributed by atoms with Crippen LogP contribution in [0.2, 0.25) is 0 Å². The van der Waals surface area contributed by atoms with E-state index in [0.717, 1.165) is 17.2 Å². The Morgan fingerprint density at radius 2 is 2.14 bits per heavy atom. The molecule has 14 heavy (non-hydrogen) atoms. The first-order valence-electron chi connectivity index (χ1n) is 4.61. The highest BCUT2D eigenvalue weighted by Gasteiger charge is 2.09. The molecule has 0 radical (unpaired) electrons. The second-order valence-electron chi connectivity index (χ2n) is 3.16. The van der Waals surface area contributed by atoms with E-state index < -0.39 is 0 Å². The normalized spacial score (nSPS) is 11.5. The molecule has 3 rings (SSSR count). The van der Waals surface area contributed by atoms with E-state index in [-0.39, 0.29) is 0 Å². The molecular weight excluding hydrogens is 194 g/mol. The number of rotatable bonds is 1. The molecule has 0 fully saturated rings. The third kappa shape index (κ3) is 0.915. The molecule has 3 nitrogen and oxygen atoms in total. The van der Waals surface area contributed by atoms with Crippen LogP contribution in [0.4, 0.5) is 0 Å². The fourth-order valence-corrected chi connectivity index (χ4v) is 2.65. The van der Waals surface area contributed by atoms with Gasteiger partial charge in [0, 0.05) is 6.42 Å². The summed E-state index contributed by atoms with van der Waals surface area (Å²) in [6, 6.07) is 8.33. The van der Waals surface area contributed by atoms with Gasteiger partial charge in [-0.1, -0.05) is 30.4 Å². The molecule has 70 valence electrons. The van der Waals surface area contributed by atoms with Crippen molar-refractivity contribution in [3.05, 3.63) is 30.1 Å². The van der Waals surface area contributed by atoms with Gasteiger partial charge in [0.1, 0.15) is 5.82 Å². The minimum Gasteiger partial charge on any atom is -0.269 e. The molecule has 0 bridgehead atoms. The number of para-hydroxylation sites is 1. The summed E-state index contributed by atoms with van der Waals surface area (Å²) in [4.78, 5) is 0.989. The second-order valence-corrected chi connectivity index (χ2v) is 4.17. The van der Waals surface area contributed by atoms with Gasteiger partial charge in [-0.2, -0.15) is 0 Å². The molecule has 0 aliphatic heterocycles. The Kier molecular flexibility index (Phi) is 1.58. The maximum Gasteiger partial charge on any atom is 0.217 e. The lowest BCUT2D eigenvalue weighted by Gasteiger charge is -1.93. The Balaban J connectivity index is 2.54. The summed E-state index contributed by atoms with van der Waals surface area (Å²) in [6.45, 7) is 2.10. The van der Waals surface area contributed by atoms with Crippen LogP contribution in [-0.4, -0.2) is 14.6 Å².